The van der Waals surface area contributed by atoms with Gasteiger partial charge in [0.2, 0.25) is 0 Å². The number of carbonyl (C=O) groups is 1. The Balaban J connectivity index is 1.46. The van der Waals surface area contributed by atoms with Crippen molar-refractivity contribution in [3.8, 4) is 11.3 Å². The summed E-state index contributed by atoms with van der Waals surface area (Å²) >= 11 is 8.78. The fourth-order valence-corrected chi connectivity index (χ4v) is 5.92. The number of nitrogens with one attached hydrogen (secondary N) is 2. The van der Waals surface area contributed by atoms with Crippen LogP contribution in [-0.4, -0.2) is 47.9 Å². The Kier molecular flexibility index (Phi) is 8.67. The van der Waals surface area contributed by atoms with Crippen molar-refractivity contribution in [2.45, 2.75) is 31.9 Å². The summed E-state index contributed by atoms with van der Waals surface area (Å²) < 4.78 is 56.1. The van der Waals surface area contributed by atoms with Gasteiger partial charge in [0, 0.05) is 39.3 Å². The lowest BCUT2D eigenvalue weighted by Gasteiger charge is -2.32. The molecule has 4 rings (SSSR count). The summed E-state index contributed by atoms with van der Waals surface area (Å²) in [6.07, 6.45) is 0.256. The molecule has 2 N–H and O–H groups in total. The Morgan fingerprint density at radius 3 is 2.54 bits per heavy atom. The molecule has 37 heavy (non-hydrogen) atoms. The lowest BCUT2D eigenvalue weighted by atomic mass is 9.90. The standard InChI is InChI=1S/C25H25ClF4N4OS2/c1-14-20(11-22(37-14)24(35)32-18-8-17(26)9-19(10-18)33-36-2)23-21(27)7-16(12-31-23)15-3-5-34(6-4-15)13-25(28,29)30/h7-12,15,33H,3-6,13H2,1-2H3,(H,32,35). The number of aromatic nitrogens is 1. The van der Waals surface area contributed by atoms with Crippen LogP contribution in [0.1, 0.15) is 38.9 Å². The van der Waals surface area contributed by atoms with Crippen molar-refractivity contribution in [2.75, 3.05) is 35.9 Å². The molecule has 1 aliphatic rings. The minimum absolute atomic E-state index is 0.0476. The predicted molar refractivity (Wildman–Crippen MR) is 143 cm³/mol. The molecule has 0 unspecified atom stereocenters. The van der Waals surface area contributed by atoms with E-state index in [1.807, 2.05) is 6.26 Å². The van der Waals surface area contributed by atoms with Crippen LogP contribution < -0.4 is 10.0 Å². The van der Waals surface area contributed by atoms with Crippen LogP contribution in [0.25, 0.3) is 11.3 Å². The smallest absolute Gasteiger partial charge is 0.330 e. The Morgan fingerprint density at radius 2 is 1.89 bits per heavy atom. The van der Waals surface area contributed by atoms with E-state index in [0.29, 0.717) is 52.6 Å². The zero-order chi connectivity index (χ0) is 26.7. The van der Waals surface area contributed by atoms with Crippen molar-refractivity contribution in [2.24, 2.45) is 0 Å². The zero-order valence-corrected chi connectivity index (χ0v) is 22.5. The van der Waals surface area contributed by atoms with Gasteiger partial charge in [-0.15, -0.1) is 11.3 Å². The van der Waals surface area contributed by atoms with Gasteiger partial charge in [0.25, 0.3) is 5.91 Å². The van der Waals surface area contributed by atoms with Gasteiger partial charge in [-0.25, -0.2) is 4.39 Å². The molecular formula is C25H25ClF4N4OS2. The molecule has 1 aliphatic heterocycles. The van der Waals surface area contributed by atoms with Gasteiger partial charge < -0.3 is 10.0 Å². The van der Waals surface area contributed by atoms with Crippen LogP contribution in [0.3, 0.4) is 0 Å². The average Bonchev–Trinajstić information content (AvgIpc) is 3.20. The van der Waals surface area contributed by atoms with E-state index in [9.17, 15) is 18.0 Å². The van der Waals surface area contributed by atoms with Crippen LogP contribution in [0.15, 0.2) is 36.5 Å². The number of benzene rings is 1. The molecule has 198 valence electrons. The lowest BCUT2D eigenvalue weighted by molar-refractivity contribution is -0.147. The van der Waals surface area contributed by atoms with Crippen molar-refractivity contribution < 1.29 is 22.4 Å². The second kappa shape index (κ2) is 11.6. The minimum Gasteiger partial charge on any atom is -0.330 e. The molecule has 2 aromatic heterocycles. The molecule has 0 spiro atoms. The number of amides is 1. The summed E-state index contributed by atoms with van der Waals surface area (Å²) in [5.41, 5.74) is 2.61. The summed E-state index contributed by atoms with van der Waals surface area (Å²) in [5.74, 6) is -0.918. The molecule has 5 nitrogen and oxygen atoms in total. The minimum atomic E-state index is -4.22. The van der Waals surface area contributed by atoms with Crippen LogP contribution in [0.2, 0.25) is 5.02 Å². The van der Waals surface area contributed by atoms with Gasteiger partial charge in [-0.3, -0.25) is 14.7 Å². The Morgan fingerprint density at radius 1 is 1.19 bits per heavy atom. The van der Waals surface area contributed by atoms with E-state index in [4.69, 9.17) is 11.6 Å². The highest BCUT2D eigenvalue weighted by molar-refractivity contribution is 7.99. The molecule has 12 heteroatoms. The number of nitrogens with zero attached hydrogens (tertiary/aromatic N) is 2. The molecule has 1 amide bonds. The van der Waals surface area contributed by atoms with Crippen molar-refractivity contribution >= 4 is 52.2 Å². The molecule has 1 fully saturated rings. The monoisotopic (exact) mass is 572 g/mol. The van der Waals surface area contributed by atoms with E-state index >= 15 is 4.39 Å². The quantitative estimate of drug-likeness (QED) is 0.226. The molecule has 1 aromatic carbocycles. The number of likely N-dealkylation sites (tertiary alicyclic amines) is 1. The fraction of sp³-hybridized carbons (Fsp3) is 0.360. The number of aryl methyl sites for hydroxylation is 1. The van der Waals surface area contributed by atoms with E-state index in [-0.39, 0.29) is 17.5 Å². The average molecular weight is 573 g/mol. The summed E-state index contributed by atoms with van der Waals surface area (Å²) in [6, 6.07) is 8.16. The number of rotatable bonds is 7. The number of piperidine rings is 1. The molecule has 3 aromatic rings. The maximum atomic E-state index is 15.1. The van der Waals surface area contributed by atoms with E-state index in [2.05, 4.69) is 15.0 Å². The molecule has 0 atom stereocenters. The first-order valence-corrected chi connectivity index (χ1v) is 13.9. The first kappa shape index (κ1) is 27.7. The van der Waals surface area contributed by atoms with Gasteiger partial charge in [0.05, 0.1) is 11.4 Å². The van der Waals surface area contributed by atoms with Gasteiger partial charge in [-0.2, -0.15) is 13.2 Å². The van der Waals surface area contributed by atoms with E-state index in [1.165, 1.54) is 34.3 Å². The number of carbonyl (C=O) groups excluding carboxylic acids is 1. The Labute approximate surface area is 225 Å². The summed E-state index contributed by atoms with van der Waals surface area (Å²) in [4.78, 5) is 19.7. The highest BCUT2D eigenvalue weighted by Crippen LogP contribution is 2.35. The molecule has 0 saturated carbocycles. The third-order valence-electron chi connectivity index (χ3n) is 6.10. The highest BCUT2D eigenvalue weighted by Gasteiger charge is 2.33. The van der Waals surface area contributed by atoms with Crippen LogP contribution in [0.4, 0.5) is 28.9 Å². The molecule has 0 aliphatic carbocycles. The molecular weight excluding hydrogens is 548 g/mol. The maximum absolute atomic E-state index is 15.1. The third-order valence-corrected chi connectivity index (χ3v) is 7.80. The SMILES string of the molecule is CSNc1cc(Cl)cc(NC(=O)c2cc(-c3ncc(C4CCN(CC(F)(F)F)CC4)cc3F)c(C)s2)c1. The van der Waals surface area contributed by atoms with Crippen LogP contribution >= 0.6 is 34.9 Å². The normalized spacial score (nSPS) is 15.1. The van der Waals surface area contributed by atoms with Crippen LogP contribution in [0, 0.1) is 12.7 Å². The number of hydrogen-bond donors (Lipinski definition) is 2. The van der Waals surface area contributed by atoms with Crippen molar-refractivity contribution in [1.29, 1.82) is 0 Å². The third kappa shape index (κ3) is 7.16. The maximum Gasteiger partial charge on any atom is 0.401 e. The van der Waals surface area contributed by atoms with Gasteiger partial charge in [-0.1, -0.05) is 23.5 Å². The van der Waals surface area contributed by atoms with Crippen molar-refractivity contribution in [3.05, 3.63) is 62.7 Å². The number of alkyl halides is 3. The zero-order valence-electron chi connectivity index (χ0n) is 20.1. The van der Waals surface area contributed by atoms with Gasteiger partial charge >= 0.3 is 6.18 Å². The fourth-order valence-electron chi connectivity index (χ4n) is 4.41. The van der Waals surface area contributed by atoms with Gasteiger partial charge in [-0.05, 0) is 74.7 Å². The lowest BCUT2D eigenvalue weighted by Crippen LogP contribution is -2.39. The van der Waals surface area contributed by atoms with E-state index in [0.717, 1.165) is 10.6 Å². The van der Waals surface area contributed by atoms with Crippen molar-refractivity contribution in [3.63, 3.8) is 0 Å². The molecule has 0 bridgehead atoms. The van der Waals surface area contributed by atoms with Crippen LogP contribution in [0.5, 0.6) is 0 Å². The Bertz CT molecular complexity index is 1280. The molecule has 0 radical (unpaired) electrons. The second-order valence-electron chi connectivity index (χ2n) is 8.83. The largest absolute Gasteiger partial charge is 0.401 e. The number of pyridine rings is 1. The highest BCUT2D eigenvalue weighted by atomic mass is 35.5. The number of anilines is 2. The van der Waals surface area contributed by atoms with Crippen LogP contribution in [-0.2, 0) is 0 Å². The second-order valence-corrected chi connectivity index (χ2v) is 11.1. The predicted octanol–water partition coefficient (Wildman–Crippen LogP) is 7.59. The summed E-state index contributed by atoms with van der Waals surface area (Å²) in [5, 5.41) is 3.29. The topological polar surface area (TPSA) is 57.3 Å². The molecule has 1 saturated heterocycles. The first-order valence-electron chi connectivity index (χ1n) is 11.5. The number of thiophene rings is 1. The number of halogens is 5. The summed E-state index contributed by atoms with van der Waals surface area (Å²) in [6.45, 7) is 1.47. The van der Waals surface area contributed by atoms with Gasteiger partial charge in [0.1, 0.15) is 11.5 Å². The molecule has 3 heterocycles. The van der Waals surface area contributed by atoms with Crippen molar-refractivity contribution in [1.82, 2.24) is 9.88 Å². The number of hydrogen-bond acceptors (Lipinski definition) is 6. The first-order chi connectivity index (χ1) is 17.5. The Hall–Kier alpha value is -2.34. The van der Waals surface area contributed by atoms with Gasteiger partial charge in [0.15, 0.2) is 0 Å². The summed E-state index contributed by atoms with van der Waals surface area (Å²) in [7, 11) is 0. The van der Waals surface area contributed by atoms with E-state index in [1.54, 1.807) is 37.4 Å². The van der Waals surface area contributed by atoms with E-state index < -0.39 is 18.5 Å².